The van der Waals surface area contributed by atoms with Crippen LogP contribution in [0, 0.1) is 28.6 Å². The van der Waals surface area contributed by atoms with Gasteiger partial charge in [0.1, 0.15) is 25.1 Å². The molecule has 0 aliphatic carbocycles. The zero-order valence-corrected chi connectivity index (χ0v) is 45.3. The van der Waals surface area contributed by atoms with E-state index in [0.717, 1.165) is 4.90 Å². The number of amides is 5. The lowest BCUT2D eigenvalue weighted by atomic mass is 9.90. The molecule has 1 aliphatic heterocycles. The Morgan fingerprint density at radius 2 is 1.61 bits per heavy atom. The van der Waals surface area contributed by atoms with E-state index in [-0.39, 0.29) is 151 Å². The Hall–Kier alpha value is -5.59. The number of aliphatic carboxylic acids is 1. The number of nitrogens with one attached hydrogen (secondary N) is 2. The molecule has 0 aromatic heterocycles. The normalized spacial score (nSPS) is 15.5. The van der Waals surface area contributed by atoms with Crippen molar-refractivity contribution in [2.24, 2.45) is 40.2 Å². The van der Waals surface area contributed by atoms with Crippen LogP contribution in [0.3, 0.4) is 0 Å². The molecule has 1 fully saturated rings. The van der Waals surface area contributed by atoms with Gasteiger partial charge in [0.2, 0.25) is 35.8 Å². The molecule has 23 heteroatoms. The van der Waals surface area contributed by atoms with Crippen LogP contribution < -0.4 is 32.7 Å². The molecule has 1 saturated heterocycles. The maximum atomic E-state index is 13.6. The van der Waals surface area contributed by atoms with Crippen LogP contribution in [0.5, 0.6) is 5.75 Å². The second-order valence-electron chi connectivity index (χ2n) is 20.8. The van der Waals surface area contributed by atoms with Crippen molar-refractivity contribution >= 4 is 47.2 Å². The molecule has 0 radical (unpaired) electrons. The molecule has 0 spiro atoms. The van der Waals surface area contributed by atoms with Crippen LogP contribution in [0.25, 0.3) is 0 Å². The number of carboxylic acids is 1. The molecule has 420 valence electrons. The molecule has 1 aromatic carbocycles. The SMILES string of the molecule is CCC(C)OC(CO)Oc1ccc(C(C/C(N)=C/N(N)CCN(CC(=O)NCC(C)(C)COCC(C)(C)CC(=O)O)C(=O)COCCOCCNC(=O)CCN2C(=O)CC(C(C)C)C2=O)OC(=O)C(C)C)cc1N. The molecule has 0 bridgehead atoms. The summed E-state index contributed by atoms with van der Waals surface area (Å²) in [4.78, 5) is 90.6. The Bertz CT molecular complexity index is 2020. The van der Waals surface area contributed by atoms with E-state index in [2.05, 4.69) is 10.6 Å². The van der Waals surface area contributed by atoms with Crippen LogP contribution in [0.2, 0.25) is 0 Å². The molecule has 1 heterocycles. The number of carbonyl (C=O) groups is 7. The molecular weight excluding hydrogens is 965 g/mol. The number of imide groups is 1. The minimum absolute atomic E-state index is 0.00327. The molecule has 10 N–H and O–H groups in total. The molecule has 5 amide bonds. The maximum absolute atomic E-state index is 13.6. The van der Waals surface area contributed by atoms with Crippen molar-refractivity contribution in [3.8, 4) is 5.75 Å². The van der Waals surface area contributed by atoms with E-state index in [4.69, 9.17) is 45.7 Å². The van der Waals surface area contributed by atoms with Gasteiger partial charge in [-0.05, 0) is 42.4 Å². The van der Waals surface area contributed by atoms with Gasteiger partial charge in [-0.2, -0.15) is 0 Å². The fourth-order valence-electron chi connectivity index (χ4n) is 7.24. The number of nitrogens with two attached hydrogens (primary N) is 3. The number of ether oxygens (including phenoxy) is 6. The van der Waals surface area contributed by atoms with E-state index >= 15 is 0 Å². The standard InChI is InChI=1S/C51H86N8O15/c1-11-35(6)72-47(28-60)73-40-13-12-36(22-39(40)53)41(74-49(68)34(4)5)23-37(52)26-58(54)18-17-57(27-43(62)56-30-51(9,10)32-71-31-50(7,8)25-46(65)66)45(64)29-70-21-20-69-19-15-55-42(61)14-16-59-44(63)24-38(33(2)3)48(59)67/h12-13,22,26,33-35,38,41,47,60H,11,14-21,23-25,27-32,52-54H2,1-10H3,(H,55,61)(H,56,62)(H,65,66)/b37-26-. The summed E-state index contributed by atoms with van der Waals surface area (Å²) in [5, 5.41) is 25.8. The molecule has 0 saturated carbocycles. The summed E-state index contributed by atoms with van der Waals surface area (Å²) in [6.07, 6.45) is 0.147. The van der Waals surface area contributed by atoms with Gasteiger partial charge in [-0.25, -0.2) is 5.84 Å². The fourth-order valence-corrected chi connectivity index (χ4v) is 7.24. The highest BCUT2D eigenvalue weighted by Crippen LogP contribution is 2.32. The fraction of sp³-hybridized carbons (Fsp3) is 0.706. The summed E-state index contributed by atoms with van der Waals surface area (Å²) < 4.78 is 34.3. The smallest absolute Gasteiger partial charge is 0.308 e. The topological polar surface area (TPSA) is 327 Å². The van der Waals surface area contributed by atoms with Gasteiger partial charge in [-0.3, -0.25) is 38.5 Å². The lowest BCUT2D eigenvalue weighted by Crippen LogP contribution is -2.47. The first-order valence-electron chi connectivity index (χ1n) is 25.3. The summed E-state index contributed by atoms with van der Waals surface area (Å²) in [6, 6.07) is 4.82. The van der Waals surface area contributed by atoms with Crippen molar-refractivity contribution in [1.29, 1.82) is 0 Å². The molecule has 4 atom stereocenters. The monoisotopic (exact) mass is 1050 g/mol. The van der Waals surface area contributed by atoms with E-state index in [0.29, 0.717) is 12.0 Å². The Morgan fingerprint density at radius 1 is 0.932 bits per heavy atom. The van der Waals surface area contributed by atoms with Gasteiger partial charge in [0.25, 0.3) is 0 Å². The lowest BCUT2D eigenvalue weighted by molar-refractivity contribution is -0.153. The summed E-state index contributed by atoms with van der Waals surface area (Å²) in [7, 11) is 0. The van der Waals surface area contributed by atoms with Crippen molar-refractivity contribution in [2.45, 2.75) is 120 Å². The lowest BCUT2D eigenvalue weighted by Gasteiger charge is -2.29. The van der Waals surface area contributed by atoms with E-state index in [1.54, 1.807) is 45.9 Å². The van der Waals surface area contributed by atoms with E-state index in [1.165, 1.54) is 16.1 Å². The molecule has 4 unspecified atom stereocenters. The van der Waals surface area contributed by atoms with E-state index in [1.807, 2.05) is 41.5 Å². The highest BCUT2D eigenvalue weighted by Gasteiger charge is 2.40. The van der Waals surface area contributed by atoms with Crippen LogP contribution in [-0.4, -0.2) is 164 Å². The quantitative estimate of drug-likeness (QED) is 0.00957. The molecule has 1 aromatic rings. The number of nitrogen functional groups attached to an aromatic ring is 1. The van der Waals surface area contributed by atoms with Gasteiger partial charge in [0, 0.05) is 68.7 Å². The molecule has 23 nitrogen and oxygen atoms in total. The van der Waals surface area contributed by atoms with E-state index < -0.39 is 66.1 Å². The number of rotatable bonds is 37. The minimum atomic E-state index is -0.954. The number of likely N-dealkylation sites (tertiary alicyclic amines) is 1. The summed E-state index contributed by atoms with van der Waals surface area (Å²) in [5.74, 6) is 2.53. The zero-order valence-electron chi connectivity index (χ0n) is 45.3. The van der Waals surface area contributed by atoms with Crippen LogP contribution in [-0.2, 0) is 57.2 Å². The Balaban J connectivity index is 2.07. The molecule has 1 aliphatic rings. The largest absolute Gasteiger partial charge is 0.481 e. The Morgan fingerprint density at radius 3 is 2.22 bits per heavy atom. The number of hydrogen-bond donors (Lipinski definition) is 7. The number of benzene rings is 1. The van der Waals surface area contributed by atoms with Gasteiger partial charge in [0.15, 0.2) is 0 Å². The highest BCUT2D eigenvalue weighted by molar-refractivity contribution is 6.03. The molecular formula is C51H86N8O15. The highest BCUT2D eigenvalue weighted by atomic mass is 16.7. The summed E-state index contributed by atoms with van der Waals surface area (Å²) in [5.41, 5.74) is 12.6. The second kappa shape index (κ2) is 32.0. The van der Waals surface area contributed by atoms with Gasteiger partial charge >= 0.3 is 11.9 Å². The first kappa shape index (κ1) is 64.5. The van der Waals surface area contributed by atoms with Gasteiger partial charge in [-0.1, -0.05) is 68.4 Å². The average Bonchev–Trinajstić information content (AvgIpc) is 3.60. The third-order valence-electron chi connectivity index (χ3n) is 11.8. The maximum Gasteiger partial charge on any atom is 0.308 e. The number of carboxylic acid groups (broad SMARTS) is 1. The predicted molar refractivity (Wildman–Crippen MR) is 274 cm³/mol. The number of esters is 1. The van der Waals surface area contributed by atoms with Gasteiger partial charge in [-0.15, -0.1) is 0 Å². The van der Waals surface area contributed by atoms with Crippen molar-refractivity contribution in [3.63, 3.8) is 0 Å². The minimum Gasteiger partial charge on any atom is -0.481 e. The number of anilines is 1. The predicted octanol–water partition coefficient (Wildman–Crippen LogP) is 2.45. The third-order valence-corrected chi connectivity index (χ3v) is 11.8. The van der Waals surface area contributed by atoms with Crippen LogP contribution >= 0.6 is 0 Å². The molecule has 2 rings (SSSR count). The summed E-state index contributed by atoms with van der Waals surface area (Å²) >= 11 is 0. The van der Waals surface area contributed by atoms with Gasteiger partial charge in [0.05, 0.1) is 70.3 Å². The number of carbonyl (C=O) groups excluding carboxylic acids is 6. The second-order valence-corrected chi connectivity index (χ2v) is 20.8. The first-order chi connectivity index (χ1) is 34.7. The number of hydrazine groups is 1. The summed E-state index contributed by atoms with van der Waals surface area (Å²) in [6.45, 7) is 18.1. The number of nitrogens with zero attached hydrogens (tertiary/aromatic N) is 3. The van der Waals surface area contributed by atoms with Crippen molar-refractivity contribution in [2.75, 3.05) is 91.3 Å². The Kier molecular flexibility index (Phi) is 27.9. The average molecular weight is 1050 g/mol. The first-order valence-corrected chi connectivity index (χ1v) is 25.3. The zero-order chi connectivity index (χ0) is 55.8. The Labute approximate surface area is 436 Å². The van der Waals surface area contributed by atoms with Crippen LogP contribution in [0.15, 0.2) is 30.1 Å². The van der Waals surface area contributed by atoms with Gasteiger partial charge < -0.3 is 70.6 Å². The van der Waals surface area contributed by atoms with Crippen molar-refractivity contribution in [1.82, 2.24) is 25.4 Å². The number of aliphatic hydroxyl groups excluding tert-OH is 1. The molecule has 74 heavy (non-hydrogen) atoms. The third kappa shape index (κ3) is 24.6. The van der Waals surface area contributed by atoms with Crippen molar-refractivity contribution < 1.29 is 72.2 Å². The van der Waals surface area contributed by atoms with Crippen LogP contribution in [0.4, 0.5) is 5.69 Å². The van der Waals surface area contributed by atoms with E-state index in [9.17, 15) is 43.8 Å². The van der Waals surface area contributed by atoms with Crippen LogP contribution in [0.1, 0.15) is 113 Å². The number of aliphatic hydroxyl groups is 1. The van der Waals surface area contributed by atoms with Crippen molar-refractivity contribution in [3.05, 3.63) is 35.7 Å². The number of hydrogen-bond acceptors (Lipinski definition) is 18.